The highest BCUT2D eigenvalue weighted by Gasteiger charge is 2.29. The standard InChI is InChI=1S/C21H24N2O5S2/c1-13-12-14(9-10-16(13)23-11-5-8-18(23)24)30(26,27)22-20-19(21(25)28-2)15-6-3-4-7-17(15)29-20/h9-10,12,22H,3-8,11H2,1-2H3. The third-order valence-electron chi connectivity index (χ3n) is 5.63. The number of esters is 1. The lowest BCUT2D eigenvalue weighted by Crippen LogP contribution is -2.24. The summed E-state index contributed by atoms with van der Waals surface area (Å²) in [4.78, 5) is 27.2. The third-order valence-corrected chi connectivity index (χ3v) is 8.31. The molecule has 1 aliphatic carbocycles. The molecule has 160 valence electrons. The van der Waals surface area contributed by atoms with Crippen LogP contribution in [-0.2, 0) is 32.4 Å². The Bertz CT molecular complexity index is 1120. The fraction of sp³-hybridized carbons (Fsp3) is 0.429. The summed E-state index contributed by atoms with van der Waals surface area (Å²) in [7, 11) is -2.60. The molecule has 1 fully saturated rings. The molecule has 0 radical (unpaired) electrons. The van der Waals surface area contributed by atoms with Crippen molar-refractivity contribution in [3.8, 4) is 0 Å². The first-order valence-electron chi connectivity index (χ1n) is 9.98. The molecule has 2 heterocycles. The van der Waals surface area contributed by atoms with E-state index in [0.717, 1.165) is 48.2 Å². The molecular formula is C21H24N2O5S2. The number of nitrogens with one attached hydrogen (secondary N) is 1. The molecule has 30 heavy (non-hydrogen) atoms. The van der Waals surface area contributed by atoms with Gasteiger partial charge in [-0.1, -0.05) is 0 Å². The van der Waals surface area contributed by atoms with E-state index in [4.69, 9.17) is 4.74 Å². The number of hydrogen-bond acceptors (Lipinski definition) is 6. The zero-order valence-electron chi connectivity index (χ0n) is 17.0. The van der Waals surface area contributed by atoms with E-state index in [-0.39, 0.29) is 10.8 Å². The van der Waals surface area contributed by atoms with E-state index < -0.39 is 16.0 Å². The van der Waals surface area contributed by atoms with E-state index in [1.165, 1.54) is 24.5 Å². The summed E-state index contributed by atoms with van der Waals surface area (Å²) >= 11 is 1.31. The molecule has 0 unspecified atom stereocenters. The summed E-state index contributed by atoms with van der Waals surface area (Å²) in [5.74, 6) is -0.468. The molecule has 7 nitrogen and oxygen atoms in total. The van der Waals surface area contributed by atoms with Crippen molar-refractivity contribution < 1.29 is 22.7 Å². The molecule has 4 rings (SSSR count). The summed E-state index contributed by atoms with van der Waals surface area (Å²) in [5, 5.41) is 0.310. The Morgan fingerprint density at radius 2 is 1.93 bits per heavy atom. The number of ether oxygens (including phenoxy) is 1. The van der Waals surface area contributed by atoms with Crippen LogP contribution in [0.25, 0.3) is 0 Å². The predicted molar refractivity (Wildman–Crippen MR) is 116 cm³/mol. The highest BCUT2D eigenvalue weighted by molar-refractivity contribution is 7.93. The molecule has 1 aromatic heterocycles. The van der Waals surface area contributed by atoms with Crippen molar-refractivity contribution in [3.63, 3.8) is 0 Å². The molecule has 1 saturated heterocycles. The van der Waals surface area contributed by atoms with Crippen LogP contribution in [0.1, 0.15) is 52.0 Å². The lowest BCUT2D eigenvalue weighted by Gasteiger charge is -2.19. The van der Waals surface area contributed by atoms with Crippen LogP contribution in [0.4, 0.5) is 10.7 Å². The number of thiophene rings is 1. The minimum Gasteiger partial charge on any atom is -0.465 e. The average molecular weight is 449 g/mol. The number of nitrogens with zero attached hydrogens (tertiary/aromatic N) is 1. The van der Waals surface area contributed by atoms with Gasteiger partial charge in [0.05, 0.1) is 17.6 Å². The van der Waals surface area contributed by atoms with Gasteiger partial charge in [0.1, 0.15) is 5.00 Å². The molecular weight excluding hydrogens is 424 g/mol. The molecule has 1 aromatic carbocycles. The highest BCUT2D eigenvalue weighted by atomic mass is 32.2. The summed E-state index contributed by atoms with van der Waals surface area (Å²) in [6, 6.07) is 4.74. The molecule has 1 aliphatic heterocycles. The molecule has 0 spiro atoms. The number of aryl methyl sites for hydroxylation is 2. The quantitative estimate of drug-likeness (QED) is 0.705. The van der Waals surface area contributed by atoms with E-state index in [2.05, 4.69) is 4.72 Å². The van der Waals surface area contributed by atoms with Gasteiger partial charge in [0, 0.05) is 23.5 Å². The van der Waals surface area contributed by atoms with Crippen LogP contribution in [0.2, 0.25) is 0 Å². The zero-order valence-corrected chi connectivity index (χ0v) is 18.6. The van der Waals surface area contributed by atoms with Crippen molar-refractivity contribution >= 4 is 43.9 Å². The van der Waals surface area contributed by atoms with Crippen molar-refractivity contribution in [2.24, 2.45) is 0 Å². The second-order valence-corrected chi connectivity index (χ2v) is 10.4. The first-order chi connectivity index (χ1) is 14.3. The normalized spacial score (nSPS) is 16.5. The van der Waals surface area contributed by atoms with E-state index in [0.29, 0.717) is 29.1 Å². The first kappa shape index (κ1) is 20.9. The second-order valence-electron chi connectivity index (χ2n) is 7.61. The van der Waals surface area contributed by atoms with Crippen LogP contribution in [-0.4, -0.2) is 33.9 Å². The number of hydrogen-bond donors (Lipinski definition) is 1. The molecule has 0 bridgehead atoms. The monoisotopic (exact) mass is 448 g/mol. The van der Waals surface area contributed by atoms with Crippen LogP contribution in [0.3, 0.4) is 0 Å². The largest absolute Gasteiger partial charge is 0.465 e. The van der Waals surface area contributed by atoms with Crippen molar-refractivity contribution in [3.05, 3.63) is 39.8 Å². The van der Waals surface area contributed by atoms with Crippen LogP contribution >= 0.6 is 11.3 Å². The Morgan fingerprint density at radius 3 is 2.60 bits per heavy atom. The SMILES string of the molecule is COC(=O)c1c(NS(=O)(=O)c2ccc(N3CCCC3=O)c(C)c2)sc2c1CCCC2. The Morgan fingerprint density at radius 1 is 1.17 bits per heavy atom. The van der Waals surface area contributed by atoms with Gasteiger partial charge in [-0.05, 0) is 68.4 Å². The van der Waals surface area contributed by atoms with Gasteiger partial charge >= 0.3 is 5.97 Å². The minimum atomic E-state index is -3.90. The van der Waals surface area contributed by atoms with Crippen LogP contribution in [0.15, 0.2) is 23.1 Å². The van der Waals surface area contributed by atoms with Gasteiger partial charge in [0.2, 0.25) is 5.91 Å². The topological polar surface area (TPSA) is 92.8 Å². The van der Waals surface area contributed by atoms with Gasteiger partial charge in [-0.25, -0.2) is 13.2 Å². The summed E-state index contributed by atoms with van der Waals surface area (Å²) in [6.07, 6.45) is 4.89. The average Bonchev–Trinajstić information content (AvgIpc) is 3.29. The molecule has 2 aromatic rings. The number of anilines is 2. The van der Waals surface area contributed by atoms with Crippen molar-refractivity contribution in [2.45, 2.75) is 50.3 Å². The number of fused-ring (bicyclic) bond motifs is 1. The maximum Gasteiger partial charge on any atom is 0.341 e. The third kappa shape index (κ3) is 3.72. The fourth-order valence-corrected chi connectivity index (χ4v) is 6.81. The van der Waals surface area contributed by atoms with Crippen molar-refractivity contribution in [2.75, 3.05) is 23.3 Å². The molecule has 0 atom stereocenters. The Hall–Kier alpha value is -2.39. The number of sulfonamides is 1. The van der Waals surface area contributed by atoms with Gasteiger partial charge < -0.3 is 9.64 Å². The predicted octanol–water partition coefficient (Wildman–Crippen LogP) is 3.65. The molecule has 2 aliphatic rings. The van der Waals surface area contributed by atoms with Gasteiger partial charge in [-0.3, -0.25) is 9.52 Å². The number of rotatable bonds is 5. The van der Waals surface area contributed by atoms with Gasteiger partial charge in [-0.2, -0.15) is 0 Å². The first-order valence-corrected chi connectivity index (χ1v) is 12.3. The summed E-state index contributed by atoms with van der Waals surface area (Å²) < 4.78 is 33.7. The second kappa shape index (κ2) is 8.03. The van der Waals surface area contributed by atoms with Gasteiger partial charge in [0.25, 0.3) is 10.0 Å². The number of carbonyl (C=O) groups excluding carboxylic acids is 2. The maximum absolute atomic E-state index is 13.1. The maximum atomic E-state index is 13.1. The molecule has 9 heteroatoms. The van der Waals surface area contributed by atoms with Crippen LogP contribution in [0.5, 0.6) is 0 Å². The molecule has 1 amide bonds. The lowest BCUT2D eigenvalue weighted by atomic mass is 9.95. The van der Waals surface area contributed by atoms with Crippen molar-refractivity contribution in [1.29, 1.82) is 0 Å². The van der Waals surface area contributed by atoms with Crippen LogP contribution < -0.4 is 9.62 Å². The fourth-order valence-electron chi connectivity index (χ4n) is 4.14. The minimum absolute atomic E-state index is 0.0544. The lowest BCUT2D eigenvalue weighted by molar-refractivity contribution is -0.117. The van der Waals surface area contributed by atoms with E-state index in [9.17, 15) is 18.0 Å². The highest BCUT2D eigenvalue weighted by Crippen LogP contribution is 2.39. The number of methoxy groups -OCH3 is 1. The molecule has 0 saturated carbocycles. The Kier molecular flexibility index (Phi) is 5.59. The van der Waals surface area contributed by atoms with E-state index in [1.54, 1.807) is 24.0 Å². The Labute approximate surface area is 180 Å². The number of amides is 1. The zero-order chi connectivity index (χ0) is 21.5. The summed E-state index contributed by atoms with van der Waals surface area (Å²) in [5.41, 5.74) is 2.68. The smallest absolute Gasteiger partial charge is 0.341 e. The van der Waals surface area contributed by atoms with Gasteiger partial charge in [-0.15, -0.1) is 11.3 Å². The van der Waals surface area contributed by atoms with Gasteiger partial charge in [0.15, 0.2) is 0 Å². The summed E-state index contributed by atoms with van der Waals surface area (Å²) in [6.45, 7) is 2.44. The number of benzene rings is 1. The van der Waals surface area contributed by atoms with E-state index >= 15 is 0 Å². The van der Waals surface area contributed by atoms with Crippen LogP contribution in [0, 0.1) is 6.92 Å². The molecule has 1 N–H and O–H groups in total. The van der Waals surface area contributed by atoms with E-state index in [1.807, 2.05) is 0 Å². The Balaban J connectivity index is 1.67. The number of carbonyl (C=O) groups is 2. The van der Waals surface area contributed by atoms with Crippen molar-refractivity contribution in [1.82, 2.24) is 0 Å².